The lowest BCUT2D eigenvalue weighted by molar-refractivity contribution is -0.139. The molecule has 0 spiro atoms. The fourth-order valence-corrected chi connectivity index (χ4v) is 5.71. The zero-order chi connectivity index (χ0) is 25.9. The molecule has 0 saturated heterocycles. The number of esters is 1. The van der Waals surface area contributed by atoms with Crippen molar-refractivity contribution in [1.82, 2.24) is 19.6 Å². The van der Waals surface area contributed by atoms with Gasteiger partial charge in [0.25, 0.3) is 5.56 Å². The second-order valence-electron chi connectivity index (χ2n) is 8.40. The summed E-state index contributed by atoms with van der Waals surface area (Å²) in [7, 11) is 0. The normalized spacial score (nSPS) is 15.4. The maximum absolute atomic E-state index is 13.7. The number of benzene rings is 2. The highest BCUT2D eigenvalue weighted by Gasteiger charge is 2.33. The van der Waals surface area contributed by atoms with E-state index in [-0.39, 0.29) is 12.2 Å². The summed E-state index contributed by atoms with van der Waals surface area (Å²) in [5.74, 6) is -0.463. The minimum Gasteiger partial charge on any atom is -0.463 e. The minimum absolute atomic E-state index is 0.202. The number of hydrogen-bond acceptors (Lipinski definition) is 7. The molecule has 0 radical (unpaired) electrons. The van der Waals surface area contributed by atoms with Crippen LogP contribution in [0.2, 0.25) is 0 Å². The van der Waals surface area contributed by atoms with Crippen LogP contribution in [0.3, 0.4) is 0 Å². The van der Waals surface area contributed by atoms with E-state index in [4.69, 9.17) is 4.74 Å². The van der Waals surface area contributed by atoms with Crippen molar-refractivity contribution in [3.05, 3.63) is 109 Å². The number of fused-ring (bicyclic) bond motifs is 1. The van der Waals surface area contributed by atoms with E-state index < -0.39 is 12.0 Å². The number of ether oxygens (including phenoxy) is 1. The predicted octanol–water partition coefficient (Wildman–Crippen LogP) is 3.32. The molecule has 2 aromatic carbocycles. The molecule has 0 fully saturated rings. The van der Waals surface area contributed by atoms with Crippen molar-refractivity contribution in [2.24, 2.45) is 4.99 Å². The molecule has 8 nitrogen and oxygen atoms in total. The highest BCUT2D eigenvalue weighted by atomic mass is 79.9. The molecule has 0 aliphatic carbocycles. The molecule has 0 saturated carbocycles. The third kappa shape index (κ3) is 4.99. The monoisotopic (exact) mass is 577 g/mol. The number of alkyl halides is 1. The first-order valence-electron chi connectivity index (χ1n) is 11.8. The average Bonchev–Trinajstić information content (AvgIpc) is 3.49. The summed E-state index contributed by atoms with van der Waals surface area (Å²) in [6, 6.07) is 16.6. The van der Waals surface area contributed by atoms with Gasteiger partial charge < -0.3 is 4.74 Å². The number of hydrogen-bond donors (Lipinski definition) is 0. The van der Waals surface area contributed by atoms with Crippen LogP contribution in [0.1, 0.15) is 36.7 Å². The van der Waals surface area contributed by atoms with Crippen molar-refractivity contribution in [2.45, 2.75) is 26.3 Å². The summed E-state index contributed by atoms with van der Waals surface area (Å²) in [4.78, 5) is 31.8. The largest absolute Gasteiger partial charge is 0.463 e. The zero-order valence-electron chi connectivity index (χ0n) is 20.3. The second kappa shape index (κ2) is 10.8. The quantitative estimate of drug-likeness (QED) is 0.248. The third-order valence-electron chi connectivity index (χ3n) is 5.98. The van der Waals surface area contributed by atoms with E-state index in [2.05, 4.69) is 31.2 Å². The van der Waals surface area contributed by atoms with Crippen LogP contribution < -0.4 is 14.9 Å². The van der Waals surface area contributed by atoms with E-state index in [1.54, 1.807) is 23.1 Å². The van der Waals surface area contributed by atoms with Crippen molar-refractivity contribution in [3.8, 4) is 5.69 Å². The summed E-state index contributed by atoms with van der Waals surface area (Å²) in [6.45, 7) is 3.78. The molecule has 1 unspecified atom stereocenters. The standard InChI is InChI=1S/C27H24BrN5O3S/c1-3-36-26(35)23-17(2)29-27-33(24(23)19-7-5-4-6-8-19)25(34)22(37-27)15-18-9-11-21(12-10-18)32-16-20(13-14-28)30-31-32/h4-12,15-16,24H,3,13-14H2,1-2H3/b22-15-. The molecule has 1 aliphatic rings. The van der Waals surface area contributed by atoms with Gasteiger partial charge in [-0.05, 0) is 43.2 Å². The average molecular weight is 578 g/mol. The molecule has 10 heteroatoms. The van der Waals surface area contributed by atoms with Crippen LogP contribution in [0, 0.1) is 0 Å². The summed E-state index contributed by atoms with van der Waals surface area (Å²) in [6.07, 6.45) is 4.55. The first-order valence-corrected chi connectivity index (χ1v) is 13.8. The molecule has 0 amide bonds. The number of thiazole rings is 1. The molecule has 2 aromatic heterocycles. The van der Waals surface area contributed by atoms with Crippen LogP contribution in [0.25, 0.3) is 11.8 Å². The minimum atomic E-state index is -0.609. The number of aryl methyl sites for hydroxylation is 1. The zero-order valence-corrected chi connectivity index (χ0v) is 22.7. The Morgan fingerprint density at radius 3 is 2.62 bits per heavy atom. The number of allylic oxidation sites excluding steroid dienone is 1. The van der Waals surface area contributed by atoms with Gasteiger partial charge in [-0.15, -0.1) is 5.10 Å². The van der Waals surface area contributed by atoms with Gasteiger partial charge in [0.15, 0.2) is 4.80 Å². The molecule has 0 N–H and O–H groups in total. The Balaban J connectivity index is 1.56. The van der Waals surface area contributed by atoms with E-state index >= 15 is 0 Å². The van der Waals surface area contributed by atoms with E-state index in [1.165, 1.54) is 11.3 Å². The van der Waals surface area contributed by atoms with Crippen LogP contribution in [0.4, 0.5) is 0 Å². The maximum Gasteiger partial charge on any atom is 0.338 e. The number of rotatable bonds is 7. The van der Waals surface area contributed by atoms with Crippen molar-refractivity contribution in [1.29, 1.82) is 0 Å². The van der Waals surface area contributed by atoms with Gasteiger partial charge in [0, 0.05) is 11.8 Å². The molecule has 1 atom stereocenters. The Hall–Kier alpha value is -3.63. The van der Waals surface area contributed by atoms with Gasteiger partial charge in [-0.25, -0.2) is 14.5 Å². The third-order valence-corrected chi connectivity index (χ3v) is 7.36. The van der Waals surface area contributed by atoms with Gasteiger partial charge in [0.05, 0.1) is 46.0 Å². The van der Waals surface area contributed by atoms with Crippen molar-refractivity contribution >= 4 is 39.3 Å². The maximum atomic E-state index is 13.7. The molecule has 4 aromatic rings. The van der Waals surface area contributed by atoms with Crippen molar-refractivity contribution in [2.75, 3.05) is 11.9 Å². The van der Waals surface area contributed by atoms with E-state index in [9.17, 15) is 9.59 Å². The number of carbonyl (C=O) groups is 1. The van der Waals surface area contributed by atoms with Crippen LogP contribution in [0.15, 0.2) is 81.9 Å². The highest BCUT2D eigenvalue weighted by Crippen LogP contribution is 2.30. The first-order chi connectivity index (χ1) is 18.0. The topological polar surface area (TPSA) is 91.4 Å². The Morgan fingerprint density at radius 1 is 1.16 bits per heavy atom. The Kier molecular flexibility index (Phi) is 7.29. The van der Waals surface area contributed by atoms with E-state index in [1.807, 2.05) is 66.9 Å². The summed E-state index contributed by atoms with van der Waals surface area (Å²) in [5, 5.41) is 9.19. The highest BCUT2D eigenvalue weighted by molar-refractivity contribution is 9.09. The SMILES string of the molecule is CCOC(=O)C1=C(C)N=c2s/c(=C\c3ccc(-n4cc(CCBr)nn4)cc3)c(=O)n2C1c1ccccc1. The lowest BCUT2D eigenvalue weighted by atomic mass is 9.96. The second-order valence-corrected chi connectivity index (χ2v) is 10.2. The summed E-state index contributed by atoms with van der Waals surface area (Å²) < 4.78 is 9.19. The molecular weight excluding hydrogens is 554 g/mol. The van der Waals surface area contributed by atoms with Gasteiger partial charge in [0.2, 0.25) is 0 Å². The summed E-state index contributed by atoms with van der Waals surface area (Å²) >= 11 is 4.72. The molecule has 3 heterocycles. The van der Waals surface area contributed by atoms with E-state index in [0.717, 1.165) is 34.3 Å². The number of aromatic nitrogens is 4. The van der Waals surface area contributed by atoms with Crippen molar-refractivity contribution < 1.29 is 9.53 Å². The van der Waals surface area contributed by atoms with Gasteiger partial charge in [-0.3, -0.25) is 9.36 Å². The van der Waals surface area contributed by atoms with Gasteiger partial charge in [0.1, 0.15) is 0 Å². The van der Waals surface area contributed by atoms with E-state index in [0.29, 0.717) is 20.6 Å². The molecule has 5 rings (SSSR count). The molecule has 37 heavy (non-hydrogen) atoms. The van der Waals surface area contributed by atoms with Gasteiger partial charge in [-0.1, -0.05) is 74.9 Å². The van der Waals surface area contributed by atoms with Crippen molar-refractivity contribution in [3.63, 3.8) is 0 Å². The van der Waals surface area contributed by atoms with Gasteiger partial charge in [-0.2, -0.15) is 0 Å². The van der Waals surface area contributed by atoms with Crippen LogP contribution in [-0.2, 0) is 16.0 Å². The first kappa shape index (κ1) is 25.0. The smallest absolute Gasteiger partial charge is 0.338 e. The fourth-order valence-electron chi connectivity index (χ4n) is 4.25. The lowest BCUT2D eigenvalue weighted by Crippen LogP contribution is -2.39. The van der Waals surface area contributed by atoms with Crippen LogP contribution in [-0.4, -0.2) is 37.5 Å². The lowest BCUT2D eigenvalue weighted by Gasteiger charge is -2.24. The number of nitrogens with zero attached hydrogens (tertiary/aromatic N) is 5. The Morgan fingerprint density at radius 2 is 1.92 bits per heavy atom. The molecule has 0 bridgehead atoms. The predicted molar refractivity (Wildman–Crippen MR) is 146 cm³/mol. The molecule has 1 aliphatic heterocycles. The number of halogens is 1. The van der Waals surface area contributed by atoms with Crippen LogP contribution in [0.5, 0.6) is 0 Å². The number of carbonyl (C=O) groups excluding carboxylic acids is 1. The summed E-state index contributed by atoms with van der Waals surface area (Å²) in [5.41, 5.74) is 4.21. The molecular formula is C27H24BrN5O3S. The fraction of sp³-hybridized carbons (Fsp3) is 0.222. The van der Waals surface area contributed by atoms with Crippen LogP contribution >= 0.6 is 27.3 Å². The Bertz CT molecular complexity index is 1650. The van der Waals surface area contributed by atoms with Gasteiger partial charge >= 0.3 is 5.97 Å². The Labute approximate surface area is 225 Å². The molecule has 188 valence electrons.